The van der Waals surface area contributed by atoms with Crippen molar-refractivity contribution in [3.63, 3.8) is 0 Å². The molecule has 1 aromatic heterocycles. The molecule has 18 heavy (non-hydrogen) atoms. The number of likely N-dealkylation sites (N-methyl/N-ethyl adjacent to an activating group) is 1. The fourth-order valence-electron chi connectivity index (χ4n) is 1.91. The predicted molar refractivity (Wildman–Crippen MR) is 81.6 cm³/mol. The van der Waals surface area contributed by atoms with Crippen molar-refractivity contribution in [2.75, 3.05) is 13.1 Å². The Bertz CT molecular complexity index is 576. The molecule has 0 saturated carbocycles. The number of rotatable bonds is 4. The van der Waals surface area contributed by atoms with Crippen LogP contribution in [0.4, 0.5) is 0 Å². The van der Waals surface area contributed by atoms with Crippen LogP contribution in [0, 0.1) is 0 Å². The Hall–Kier alpha value is -1.19. The molecule has 0 saturated heterocycles. The second kappa shape index (κ2) is 6.12. The third-order valence-corrected chi connectivity index (χ3v) is 3.49. The van der Waals surface area contributed by atoms with E-state index in [2.05, 4.69) is 64.4 Å². The molecule has 0 aliphatic rings. The van der Waals surface area contributed by atoms with Gasteiger partial charge in [-0.1, -0.05) is 46.6 Å². The lowest BCUT2D eigenvalue weighted by Gasteiger charge is -2.06. The summed E-state index contributed by atoms with van der Waals surface area (Å²) in [7, 11) is 0. The molecule has 2 nitrogen and oxygen atoms in total. The predicted octanol–water partition coefficient (Wildman–Crippen LogP) is 4.01. The average molecular weight is 305 g/mol. The Morgan fingerprint density at radius 1 is 1.39 bits per heavy atom. The molecule has 0 fully saturated rings. The molecule has 0 aliphatic heterocycles. The summed E-state index contributed by atoms with van der Waals surface area (Å²) >= 11 is 3.57. The minimum Gasteiger partial charge on any atom is -0.313 e. The van der Waals surface area contributed by atoms with Crippen LogP contribution in [0.15, 0.2) is 40.5 Å². The van der Waals surface area contributed by atoms with Gasteiger partial charge in [0.25, 0.3) is 0 Å². The van der Waals surface area contributed by atoms with Crippen LogP contribution in [0.1, 0.15) is 19.4 Å². The number of nitrogens with zero attached hydrogens (tertiary/aromatic N) is 1. The fraction of sp³-hybridized carbons (Fsp3) is 0.267. The maximum atomic E-state index is 4.48. The van der Waals surface area contributed by atoms with Crippen LogP contribution in [0.25, 0.3) is 17.0 Å². The molecule has 1 N–H and O–H groups in total. The van der Waals surface area contributed by atoms with Gasteiger partial charge in [0.2, 0.25) is 0 Å². The molecule has 0 radical (unpaired) electrons. The standard InChI is InChI=1S/C15H17BrN2/c1-3-17-10-11(2)9-12-6-7-14(16)13-5-4-8-18-15(12)13/h4-9,17H,3,10H2,1-2H3/b11-9+. The Morgan fingerprint density at radius 2 is 2.22 bits per heavy atom. The molecule has 3 heteroatoms. The third kappa shape index (κ3) is 2.98. The molecular weight excluding hydrogens is 288 g/mol. The molecule has 1 heterocycles. The summed E-state index contributed by atoms with van der Waals surface area (Å²) in [6.45, 7) is 6.16. The summed E-state index contributed by atoms with van der Waals surface area (Å²) in [5.74, 6) is 0. The Balaban J connectivity index is 2.43. The van der Waals surface area contributed by atoms with Crippen molar-refractivity contribution in [2.45, 2.75) is 13.8 Å². The zero-order valence-electron chi connectivity index (χ0n) is 10.7. The van der Waals surface area contributed by atoms with E-state index in [0.717, 1.165) is 28.5 Å². The summed E-state index contributed by atoms with van der Waals surface area (Å²) in [6, 6.07) is 8.24. The fourth-order valence-corrected chi connectivity index (χ4v) is 2.37. The van der Waals surface area contributed by atoms with Gasteiger partial charge in [0.05, 0.1) is 5.52 Å². The first-order valence-corrected chi connectivity index (χ1v) is 6.92. The lowest BCUT2D eigenvalue weighted by atomic mass is 10.1. The molecule has 0 spiro atoms. The maximum absolute atomic E-state index is 4.48. The second-order valence-electron chi connectivity index (χ2n) is 4.31. The first kappa shape index (κ1) is 13.2. The zero-order chi connectivity index (χ0) is 13.0. The van der Waals surface area contributed by atoms with E-state index in [1.165, 1.54) is 11.1 Å². The van der Waals surface area contributed by atoms with E-state index in [1.807, 2.05) is 12.3 Å². The number of aromatic nitrogens is 1. The Labute approximate surface area is 116 Å². The van der Waals surface area contributed by atoms with Crippen molar-refractivity contribution in [3.8, 4) is 0 Å². The van der Waals surface area contributed by atoms with Gasteiger partial charge in [-0.25, -0.2) is 0 Å². The van der Waals surface area contributed by atoms with Crippen molar-refractivity contribution >= 4 is 32.9 Å². The van der Waals surface area contributed by atoms with Gasteiger partial charge in [-0.3, -0.25) is 4.98 Å². The van der Waals surface area contributed by atoms with Gasteiger partial charge in [0, 0.05) is 28.2 Å². The quantitative estimate of drug-likeness (QED) is 0.923. The van der Waals surface area contributed by atoms with Gasteiger partial charge in [-0.05, 0) is 25.6 Å². The molecule has 0 aliphatic carbocycles. The zero-order valence-corrected chi connectivity index (χ0v) is 12.3. The van der Waals surface area contributed by atoms with Crippen LogP contribution in [-0.4, -0.2) is 18.1 Å². The molecular formula is C15H17BrN2. The highest BCUT2D eigenvalue weighted by Crippen LogP contribution is 2.26. The second-order valence-corrected chi connectivity index (χ2v) is 5.16. The van der Waals surface area contributed by atoms with Crippen LogP contribution >= 0.6 is 15.9 Å². The van der Waals surface area contributed by atoms with Crippen molar-refractivity contribution in [1.82, 2.24) is 10.3 Å². The highest BCUT2D eigenvalue weighted by molar-refractivity contribution is 9.10. The number of halogens is 1. The molecule has 94 valence electrons. The van der Waals surface area contributed by atoms with Crippen LogP contribution in [-0.2, 0) is 0 Å². The van der Waals surface area contributed by atoms with Crippen LogP contribution in [0.2, 0.25) is 0 Å². The van der Waals surface area contributed by atoms with Crippen LogP contribution in [0.5, 0.6) is 0 Å². The van der Waals surface area contributed by atoms with Crippen molar-refractivity contribution < 1.29 is 0 Å². The van der Waals surface area contributed by atoms with Gasteiger partial charge >= 0.3 is 0 Å². The smallest absolute Gasteiger partial charge is 0.0785 e. The Morgan fingerprint density at radius 3 is 3.00 bits per heavy atom. The van der Waals surface area contributed by atoms with E-state index < -0.39 is 0 Å². The van der Waals surface area contributed by atoms with E-state index in [-0.39, 0.29) is 0 Å². The SMILES string of the molecule is CCNC/C(C)=C/c1ccc(Br)c2cccnc12. The average Bonchev–Trinajstić information content (AvgIpc) is 2.40. The number of hydrogen-bond donors (Lipinski definition) is 1. The Kier molecular flexibility index (Phi) is 4.50. The highest BCUT2D eigenvalue weighted by atomic mass is 79.9. The normalized spacial score (nSPS) is 12.1. The van der Waals surface area contributed by atoms with E-state index in [9.17, 15) is 0 Å². The molecule has 2 rings (SSSR count). The molecule has 0 amide bonds. The molecule has 0 unspecified atom stereocenters. The molecule has 0 atom stereocenters. The van der Waals surface area contributed by atoms with Gasteiger partial charge in [0.15, 0.2) is 0 Å². The minimum absolute atomic E-state index is 0.918. The summed E-state index contributed by atoms with van der Waals surface area (Å²) in [6.07, 6.45) is 4.04. The van der Waals surface area contributed by atoms with Crippen LogP contribution < -0.4 is 5.32 Å². The van der Waals surface area contributed by atoms with E-state index in [1.54, 1.807) is 0 Å². The number of pyridine rings is 1. The maximum Gasteiger partial charge on any atom is 0.0785 e. The van der Waals surface area contributed by atoms with Gasteiger partial charge in [0.1, 0.15) is 0 Å². The summed E-state index contributed by atoms with van der Waals surface area (Å²) < 4.78 is 1.09. The summed E-state index contributed by atoms with van der Waals surface area (Å²) in [5, 5.41) is 4.48. The van der Waals surface area contributed by atoms with Gasteiger partial charge in [-0.15, -0.1) is 0 Å². The van der Waals surface area contributed by atoms with Crippen LogP contribution in [0.3, 0.4) is 0 Å². The minimum atomic E-state index is 0.918. The van der Waals surface area contributed by atoms with Gasteiger partial charge in [-0.2, -0.15) is 0 Å². The summed E-state index contributed by atoms with van der Waals surface area (Å²) in [5.41, 5.74) is 3.53. The van der Waals surface area contributed by atoms with Crippen molar-refractivity contribution in [1.29, 1.82) is 0 Å². The summed E-state index contributed by atoms with van der Waals surface area (Å²) in [4.78, 5) is 4.48. The lowest BCUT2D eigenvalue weighted by molar-refractivity contribution is 0.779. The molecule has 1 aromatic carbocycles. The number of nitrogens with one attached hydrogen (secondary N) is 1. The first-order chi connectivity index (χ1) is 8.72. The topological polar surface area (TPSA) is 24.9 Å². The van der Waals surface area contributed by atoms with E-state index in [0.29, 0.717) is 0 Å². The third-order valence-electron chi connectivity index (χ3n) is 2.80. The number of benzene rings is 1. The lowest BCUT2D eigenvalue weighted by Crippen LogP contribution is -2.14. The first-order valence-electron chi connectivity index (χ1n) is 6.13. The molecule has 0 bridgehead atoms. The monoisotopic (exact) mass is 304 g/mol. The van der Waals surface area contributed by atoms with Gasteiger partial charge < -0.3 is 5.32 Å². The number of hydrogen-bond acceptors (Lipinski definition) is 2. The highest BCUT2D eigenvalue weighted by Gasteiger charge is 2.03. The van der Waals surface area contributed by atoms with Crippen molar-refractivity contribution in [2.24, 2.45) is 0 Å². The van der Waals surface area contributed by atoms with Crippen molar-refractivity contribution in [3.05, 3.63) is 46.1 Å². The van der Waals surface area contributed by atoms with E-state index >= 15 is 0 Å². The largest absolute Gasteiger partial charge is 0.313 e. The molecule has 2 aromatic rings. The number of fused-ring (bicyclic) bond motifs is 1. The van der Waals surface area contributed by atoms with E-state index in [4.69, 9.17) is 0 Å².